The molecule has 0 saturated heterocycles. The summed E-state index contributed by atoms with van der Waals surface area (Å²) >= 11 is 0. The van der Waals surface area contributed by atoms with Crippen LogP contribution >= 0.6 is 0 Å². The van der Waals surface area contributed by atoms with E-state index in [4.69, 9.17) is 9.84 Å². The molecule has 1 aliphatic rings. The first-order valence-corrected chi connectivity index (χ1v) is 8.96. The summed E-state index contributed by atoms with van der Waals surface area (Å²) in [6.07, 6.45) is 5.76. The molecule has 0 radical (unpaired) electrons. The lowest BCUT2D eigenvalue weighted by Gasteiger charge is -2.23. The molecule has 2 aromatic rings. The second kappa shape index (κ2) is 8.98. The van der Waals surface area contributed by atoms with Gasteiger partial charge in [0, 0.05) is 17.7 Å². The van der Waals surface area contributed by atoms with Crippen molar-refractivity contribution >= 4 is 17.7 Å². The van der Waals surface area contributed by atoms with E-state index in [0.717, 1.165) is 42.5 Å². The van der Waals surface area contributed by atoms with Crippen molar-refractivity contribution in [3.05, 3.63) is 71.6 Å². The van der Waals surface area contributed by atoms with E-state index in [2.05, 4.69) is 10.3 Å². The first kappa shape index (κ1) is 18.6. The van der Waals surface area contributed by atoms with Gasteiger partial charge in [-0.3, -0.25) is 10.3 Å². The summed E-state index contributed by atoms with van der Waals surface area (Å²) in [5.41, 5.74) is 3.46. The number of aromatic nitrogens is 1. The minimum Gasteiger partial charge on any atom is -0.478 e. The molecule has 1 aliphatic carbocycles. The molecule has 2 N–H and O–H groups in total. The van der Waals surface area contributed by atoms with Crippen LogP contribution < -0.4 is 5.32 Å². The van der Waals surface area contributed by atoms with E-state index in [-0.39, 0.29) is 6.61 Å². The molecular weight excluding hydrogens is 344 g/mol. The fraction of sp³-hybridized carbons (Fsp3) is 0.286. The molecule has 0 spiro atoms. The van der Waals surface area contributed by atoms with Gasteiger partial charge in [0.2, 0.25) is 0 Å². The highest BCUT2D eigenvalue weighted by atomic mass is 16.5. The fourth-order valence-electron chi connectivity index (χ4n) is 3.20. The number of rotatable bonds is 5. The molecular formula is C21H22N2O4. The molecule has 1 aromatic heterocycles. The summed E-state index contributed by atoms with van der Waals surface area (Å²) in [5.74, 6) is -0.564. The summed E-state index contributed by atoms with van der Waals surface area (Å²) in [7, 11) is 0. The maximum atomic E-state index is 11.9. The average molecular weight is 366 g/mol. The van der Waals surface area contributed by atoms with Gasteiger partial charge >= 0.3 is 12.1 Å². The summed E-state index contributed by atoms with van der Waals surface area (Å²) in [6, 6.07) is 13.2. The Bertz CT molecular complexity index is 806. The average Bonchev–Trinajstić information content (AvgIpc) is 2.68. The van der Waals surface area contributed by atoms with Gasteiger partial charge in [-0.1, -0.05) is 35.9 Å². The van der Waals surface area contributed by atoms with Crippen LogP contribution in [0.4, 0.5) is 10.5 Å². The van der Waals surface area contributed by atoms with Crippen molar-refractivity contribution in [3.8, 4) is 0 Å². The first-order valence-electron chi connectivity index (χ1n) is 8.96. The predicted octanol–water partition coefficient (Wildman–Crippen LogP) is 4.50. The summed E-state index contributed by atoms with van der Waals surface area (Å²) in [6.45, 7) is 0.215. The Hall–Kier alpha value is -3.15. The molecule has 140 valence electrons. The Morgan fingerprint density at radius 1 is 1.15 bits per heavy atom. The van der Waals surface area contributed by atoms with Crippen LogP contribution in [0, 0.1) is 0 Å². The van der Waals surface area contributed by atoms with Crippen molar-refractivity contribution < 1.29 is 19.4 Å². The maximum Gasteiger partial charge on any atom is 0.412 e. The highest BCUT2D eigenvalue weighted by Crippen LogP contribution is 2.34. The number of anilines is 1. The number of carboxylic acid groups (broad SMARTS) is 1. The van der Waals surface area contributed by atoms with Crippen molar-refractivity contribution in [2.75, 3.05) is 5.32 Å². The Labute approximate surface area is 157 Å². The van der Waals surface area contributed by atoms with Crippen molar-refractivity contribution in [1.82, 2.24) is 4.98 Å². The molecule has 6 heteroatoms. The Balaban J connectivity index is 1.49. The monoisotopic (exact) mass is 366 g/mol. The lowest BCUT2D eigenvalue weighted by atomic mass is 9.83. The molecule has 1 saturated carbocycles. The van der Waals surface area contributed by atoms with Gasteiger partial charge < -0.3 is 9.84 Å². The number of carbonyl (C=O) groups excluding carboxylic acids is 1. The third-order valence-electron chi connectivity index (χ3n) is 4.62. The van der Waals surface area contributed by atoms with Gasteiger partial charge in [0.25, 0.3) is 0 Å². The number of allylic oxidation sites excluding steroid dienone is 1. The molecule has 0 atom stereocenters. The quantitative estimate of drug-likeness (QED) is 0.761. The van der Waals surface area contributed by atoms with E-state index in [1.807, 2.05) is 42.5 Å². The Morgan fingerprint density at radius 2 is 1.89 bits per heavy atom. The van der Waals surface area contributed by atoms with Gasteiger partial charge in [-0.15, -0.1) is 0 Å². The minimum atomic E-state index is -0.879. The van der Waals surface area contributed by atoms with E-state index < -0.39 is 12.1 Å². The van der Waals surface area contributed by atoms with Crippen LogP contribution in [0.5, 0.6) is 0 Å². The third-order valence-corrected chi connectivity index (χ3v) is 4.62. The summed E-state index contributed by atoms with van der Waals surface area (Å²) in [4.78, 5) is 27.1. The van der Waals surface area contributed by atoms with Crippen molar-refractivity contribution in [2.24, 2.45) is 0 Å². The van der Waals surface area contributed by atoms with Crippen LogP contribution in [-0.2, 0) is 16.1 Å². The number of ether oxygens (including phenoxy) is 1. The zero-order valence-corrected chi connectivity index (χ0v) is 14.9. The van der Waals surface area contributed by atoms with Gasteiger partial charge in [-0.05, 0) is 43.4 Å². The number of nitrogens with zero attached hydrogens (tertiary/aromatic N) is 1. The molecule has 3 rings (SSSR count). The topological polar surface area (TPSA) is 88.5 Å². The van der Waals surface area contributed by atoms with Crippen molar-refractivity contribution in [2.45, 2.75) is 38.2 Å². The largest absolute Gasteiger partial charge is 0.478 e. The lowest BCUT2D eigenvalue weighted by molar-refractivity contribution is -0.131. The fourth-order valence-corrected chi connectivity index (χ4v) is 3.20. The second-order valence-electron chi connectivity index (χ2n) is 6.57. The van der Waals surface area contributed by atoms with Gasteiger partial charge in [-0.2, -0.15) is 0 Å². The molecule has 0 bridgehead atoms. The van der Waals surface area contributed by atoms with Crippen LogP contribution in [0.15, 0.2) is 60.3 Å². The molecule has 1 fully saturated rings. The SMILES string of the molecule is O=C(O)C=C1CCC(c2ccc(NC(=O)OCc3ccccc3)cn2)CC1. The Kier molecular flexibility index (Phi) is 6.20. The standard InChI is InChI=1S/C21H22N2O4/c24-20(25)12-15-6-8-17(9-7-15)19-11-10-18(13-22-19)23-21(26)27-14-16-4-2-1-3-5-16/h1-5,10-13,17H,6-9,14H2,(H,23,26)(H,24,25). The van der Waals surface area contributed by atoms with E-state index >= 15 is 0 Å². The van der Waals surface area contributed by atoms with Gasteiger partial charge in [0.05, 0.1) is 11.9 Å². The third kappa shape index (κ3) is 5.67. The first-order chi connectivity index (χ1) is 13.1. The number of benzene rings is 1. The highest BCUT2D eigenvalue weighted by Gasteiger charge is 2.20. The zero-order chi connectivity index (χ0) is 19.1. The predicted molar refractivity (Wildman–Crippen MR) is 101 cm³/mol. The van der Waals surface area contributed by atoms with Crippen molar-refractivity contribution in [1.29, 1.82) is 0 Å². The van der Waals surface area contributed by atoms with Crippen LogP contribution in [-0.4, -0.2) is 22.2 Å². The van der Waals surface area contributed by atoms with Crippen LogP contribution in [0.25, 0.3) is 0 Å². The molecule has 1 heterocycles. The lowest BCUT2D eigenvalue weighted by Crippen LogP contribution is -2.14. The van der Waals surface area contributed by atoms with Crippen LogP contribution in [0.2, 0.25) is 0 Å². The number of pyridine rings is 1. The van der Waals surface area contributed by atoms with E-state index in [1.54, 1.807) is 6.20 Å². The molecule has 0 aliphatic heterocycles. The smallest absolute Gasteiger partial charge is 0.412 e. The molecule has 6 nitrogen and oxygen atoms in total. The van der Waals surface area contributed by atoms with Gasteiger partial charge in [0.1, 0.15) is 6.61 Å². The number of aliphatic carboxylic acids is 1. The van der Waals surface area contributed by atoms with E-state index in [1.165, 1.54) is 6.08 Å². The number of hydrogen-bond acceptors (Lipinski definition) is 4. The second-order valence-corrected chi connectivity index (χ2v) is 6.57. The molecule has 1 amide bonds. The molecule has 0 unspecified atom stereocenters. The van der Waals surface area contributed by atoms with Crippen LogP contribution in [0.3, 0.4) is 0 Å². The highest BCUT2D eigenvalue weighted by molar-refractivity contribution is 5.84. The maximum absolute atomic E-state index is 11.9. The number of hydrogen-bond donors (Lipinski definition) is 2. The summed E-state index contributed by atoms with van der Waals surface area (Å²) < 4.78 is 5.19. The number of amides is 1. The molecule has 1 aromatic carbocycles. The Morgan fingerprint density at radius 3 is 2.52 bits per heavy atom. The molecule has 27 heavy (non-hydrogen) atoms. The number of carbonyl (C=O) groups is 2. The number of carboxylic acids is 1. The minimum absolute atomic E-state index is 0.215. The van der Waals surface area contributed by atoms with Crippen LogP contribution in [0.1, 0.15) is 42.9 Å². The van der Waals surface area contributed by atoms with Crippen molar-refractivity contribution in [3.63, 3.8) is 0 Å². The summed E-state index contributed by atoms with van der Waals surface area (Å²) in [5, 5.41) is 11.5. The van der Waals surface area contributed by atoms with E-state index in [9.17, 15) is 9.59 Å². The van der Waals surface area contributed by atoms with Gasteiger partial charge in [0.15, 0.2) is 0 Å². The van der Waals surface area contributed by atoms with E-state index in [0.29, 0.717) is 11.6 Å². The van der Waals surface area contributed by atoms with Gasteiger partial charge in [-0.25, -0.2) is 9.59 Å². The normalized spacial score (nSPS) is 16.4. The number of nitrogens with one attached hydrogen (secondary N) is 1. The zero-order valence-electron chi connectivity index (χ0n) is 14.9.